The lowest BCUT2D eigenvalue weighted by Crippen LogP contribution is -2.29. The number of rotatable bonds is 1. The van der Waals surface area contributed by atoms with Crippen LogP contribution in [0.4, 0.5) is 5.69 Å². The maximum absolute atomic E-state index is 6.46. The molecule has 0 saturated heterocycles. The van der Waals surface area contributed by atoms with Crippen LogP contribution < -0.4 is 5.32 Å². The summed E-state index contributed by atoms with van der Waals surface area (Å²) in [6, 6.07) is 12.4. The first-order valence-corrected chi connectivity index (χ1v) is 8.87. The molecule has 1 aliphatic carbocycles. The monoisotopic (exact) mass is 393 g/mol. The third-order valence-electron chi connectivity index (χ3n) is 4.66. The first-order chi connectivity index (χ1) is 10.7. The fourth-order valence-corrected chi connectivity index (χ4v) is 4.70. The molecule has 0 aromatic heterocycles. The zero-order chi connectivity index (χ0) is 15.3. The van der Waals surface area contributed by atoms with Crippen LogP contribution in [-0.4, -0.2) is 0 Å². The van der Waals surface area contributed by atoms with Crippen molar-refractivity contribution >= 4 is 44.8 Å². The molecule has 0 bridgehead atoms. The summed E-state index contributed by atoms with van der Waals surface area (Å²) >= 11 is 16.6. The van der Waals surface area contributed by atoms with Crippen LogP contribution in [0, 0.1) is 5.92 Å². The van der Waals surface area contributed by atoms with Crippen molar-refractivity contribution in [3.8, 4) is 0 Å². The summed E-state index contributed by atoms with van der Waals surface area (Å²) < 4.78 is 1.12. The maximum Gasteiger partial charge on any atom is 0.0641 e. The fraction of sp³-hybridized carbons (Fsp3) is 0.222. The summed E-state index contributed by atoms with van der Waals surface area (Å²) in [5.74, 6) is 0.779. The Labute approximate surface area is 148 Å². The highest BCUT2D eigenvalue weighted by Crippen LogP contribution is 2.54. The highest BCUT2D eigenvalue weighted by molar-refractivity contribution is 9.10. The molecule has 0 fully saturated rings. The van der Waals surface area contributed by atoms with E-state index in [1.54, 1.807) is 0 Å². The summed E-state index contributed by atoms with van der Waals surface area (Å²) in [6.07, 6.45) is 5.58. The Morgan fingerprint density at radius 1 is 1.05 bits per heavy atom. The largest absolute Gasteiger partial charge is 0.376 e. The number of anilines is 1. The molecule has 0 amide bonds. The van der Waals surface area contributed by atoms with Crippen LogP contribution in [0.25, 0.3) is 0 Å². The van der Waals surface area contributed by atoms with E-state index in [0.717, 1.165) is 32.2 Å². The summed E-state index contributed by atoms with van der Waals surface area (Å²) in [7, 11) is 0. The Morgan fingerprint density at radius 2 is 1.82 bits per heavy atom. The molecular formula is C18H14BrCl2N. The summed E-state index contributed by atoms with van der Waals surface area (Å²) in [6.45, 7) is 0. The van der Waals surface area contributed by atoms with Gasteiger partial charge < -0.3 is 5.32 Å². The molecular weight excluding hydrogens is 381 g/mol. The lowest BCUT2D eigenvalue weighted by Gasteiger charge is -2.38. The molecule has 0 unspecified atom stereocenters. The zero-order valence-electron chi connectivity index (χ0n) is 11.7. The highest BCUT2D eigenvalue weighted by Gasteiger charge is 2.40. The minimum atomic E-state index is 0.221. The Hall–Kier alpha value is -0.960. The van der Waals surface area contributed by atoms with E-state index in [-0.39, 0.29) is 6.04 Å². The van der Waals surface area contributed by atoms with Crippen molar-refractivity contribution in [2.24, 2.45) is 5.92 Å². The molecule has 22 heavy (non-hydrogen) atoms. The average Bonchev–Trinajstić information content (AvgIpc) is 3.00. The van der Waals surface area contributed by atoms with Gasteiger partial charge in [0.25, 0.3) is 0 Å². The molecule has 1 nitrogen and oxygen atoms in total. The molecule has 1 N–H and O–H groups in total. The van der Waals surface area contributed by atoms with Crippen LogP contribution in [0.2, 0.25) is 10.0 Å². The predicted octanol–water partition coefficient (Wildman–Crippen LogP) is 6.58. The standard InChI is InChI=1S/C18H14BrCl2N/c19-13-7-2-1-4-12(13)17-11-6-3-5-10(11)16-14(20)8-9-15(21)18(16)22-17/h1-5,7-11,17,22H,6H2/t10-,11+,17-/m1/s1. The number of hydrogen-bond acceptors (Lipinski definition) is 1. The van der Waals surface area contributed by atoms with Gasteiger partial charge in [0.2, 0.25) is 0 Å². The Morgan fingerprint density at radius 3 is 2.64 bits per heavy atom. The van der Waals surface area contributed by atoms with Crippen LogP contribution >= 0.6 is 39.1 Å². The number of halogens is 3. The lowest BCUT2D eigenvalue weighted by atomic mass is 9.77. The van der Waals surface area contributed by atoms with Gasteiger partial charge in [0, 0.05) is 21.0 Å². The molecule has 112 valence electrons. The van der Waals surface area contributed by atoms with Crippen molar-refractivity contribution < 1.29 is 0 Å². The van der Waals surface area contributed by atoms with Crippen molar-refractivity contribution in [2.45, 2.75) is 18.4 Å². The molecule has 4 rings (SSSR count). The van der Waals surface area contributed by atoms with Crippen LogP contribution in [0.5, 0.6) is 0 Å². The Bertz CT molecular complexity index is 772. The number of benzene rings is 2. The van der Waals surface area contributed by atoms with Gasteiger partial charge in [0.1, 0.15) is 0 Å². The van der Waals surface area contributed by atoms with Gasteiger partial charge in [0.15, 0.2) is 0 Å². The van der Waals surface area contributed by atoms with Gasteiger partial charge in [-0.1, -0.05) is 69.5 Å². The molecule has 2 aromatic carbocycles. The van der Waals surface area contributed by atoms with Crippen molar-refractivity contribution in [3.05, 3.63) is 74.2 Å². The zero-order valence-corrected chi connectivity index (χ0v) is 14.8. The molecule has 4 heteroatoms. The number of hydrogen-bond donors (Lipinski definition) is 1. The number of allylic oxidation sites excluding steroid dienone is 2. The van der Waals surface area contributed by atoms with E-state index in [0.29, 0.717) is 11.8 Å². The van der Waals surface area contributed by atoms with Gasteiger partial charge in [0.05, 0.1) is 16.8 Å². The SMILES string of the molecule is Clc1ccc(Cl)c2c1N[C@@H](c1ccccc1Br)[C@H]1CC=C[C@@H]21. The third kappa shape index (κ3) is 2.20. The van der Waals surface area contributed by atoms with E-state index in [1.807, 2.05) is 18.2 Å². The molecule has 3 atom stereocenters. The third-order valence-corrected chi connectivity index (χ3v) is 6.02. The Balaban J connectivity index is 1.88. The lowest BCUT2D eigenvalue weighted by molar-refractivity contribution is 0.425. The first-order valence-electron chi connectivity index (χ1n) is 7.32. The topological polar surface area (TPSA) is 12.0 Å². The van der Waals surface area contributed by atoms with Gasteiger partial charge in [-0.15, -0.1) is 0 Å². The van der Waals surface area contributed by atoms with E-state index >= 15 is 0 Å². The van der Waals surface area contributed by atoms with Gasteiger partial charge in [-0.3, -0.25) is 0 Å². The minimum Gasteiger partial charge on any atom is -0.376 e. The normalized spacial score (nSPS) is 25.5. The molecule has 1 heterocycles. The first kappa shape index (κ1) is 14.6. The summed E-state index contributed by atoms with van der Waals surface area (Å²) in [5.41, 5.74) is 3.38. The molecule has 1 aliphatic heterocycles. The van der Waals surface area contributed by atoms with E-state index in [1.165, 1.54) is 5.56 Å². The van der Waals surface area contributed by atoms with Crippen LogP contribution in [0.1, 0.15) is 29.5 Å². The Kier molecular flexibility index (Phi) is 3.72. The molecule has 0 saturated carbocycles. The van der Waals surface area contributed by atoms with Crippen molar-refractivity contribution in [3.63, 3.8) is 0 Å². The average molecular weight is 395 g/mol. The van der Waals surface area contributed by atoms with Gasteiger partial charge in [-0.05, 0) is 36.1 Å². The fourth-order valence-electron chi connectivity index (χ4n) is 3.66. The predicted molar refractivity (Wildman–Crippen MR) is 97.0 cm³/mol. The van der Waals surface area contributed by atoms with E-state index < -0.39 is 0 Å². The molecule has 0 spiro atoms. The van der Waals surface area contributed by atoms with Crippen molar-refractivity contribution in [1.29, 1.82) is 0 Å². The minimum absolute atomic E-state index is 0.221. The number of fused-ring (bicyclic) bond motifs is 3. The van der Waals surface area contributed by atoms with Crippen molar-refractivity contribution in [1.82, 2.24) is 0 Å². The van der Waals surface area contributed by atoms with Gasteiger partial charge in [-0.2, -0.15) is 0 Å². The van der Waals surface area contributed by atoms with Gasteiger partial charge in [-0.25, -0.2) is 0 Å². The van der Waals surface area contributed by atoms with E-state index in [2.05, 4.69) is 51.6 Å². The molecule has 0 radical (unpaired) electrons. The molecule has 2 aromatic rings. The summed E-state index contributed by atoms with van der Waals surface area (Å²) in [5, 5.41) is 5.17. The molecule has 2 aliphatic rings. The van der Waals surface area contributed by atoms with Crippen molar-refractivity contribution in [2.75, 3.05) is 5.32 Å². The van der Waals surface area contributed by atoms with Crippen LogP contribution in [0.3, 0.4) is 0 Å². The second kappa shape index (κ2) is 5.59. The van der Waals surface area contributed by atoms with Gasteiger partial charge >= 0.3 is 0 Å². The maximum atomic E-state index is 6.46. The second-order valence-corrected chi connectivity index (χ2v) is 7.48. The second-order valence-electron chi connectivity index (χ2n) is 5.81. The van der Waals surface area contributed by atoms with Crippen LogP contribution in [-0.2, 0) is 0 Å². The highest BCUT2D eigenvalue weighted by atomic mass is 79.9. The summed E-state index contributed by atoms with van der Waals surface area (Å²) in [4.78, 5) is 0. The van der Waals surface area contributed by atoms with E-state index in [4.69, 9.17) is 23.2 Å². The smallest absolute Gasteiger partial charge is 0.0641 e. The van der Waals surface area contributed by atoms with Crippen LogP contribution in [0.15, 0.2) is 53.0 Å². The van der Waals surface area contributed by atoms with E-state index in [9.17, 15) is 0 Å². The quantitative estimate of drug-likeness (QED) is 0.538. The number of nitrogens with one attached hydrogen (secondary N) is 1.